The van der Waals surface area contributed by atoms with Crippen molar-refractivity contribution in [1.29, 1.82) is 0 Å². The lowest BCUT2D eigenvalue weighted by molar-refractivity contribution is 0.588. The van der Waals surface area contributed by atoms with Gasteiger partial charge in [-0.05, 0) is 23.3 Å². The molecule has 0 aliphatic carbocycles. The highest BCUT2D eigenvalue weighted by molar-refractivity contribution is 5.80. The average molecular weight is 328 g/mol. The zero-order valence-electron chi connectivity index (χ0n) is 13.7. The van der Waals surface area contributed by atoms with Crippen LogP contribution in [0.3, 0.4) is 0 Å². The van der Waals surface area contributed by atoms with Gasteiger partial charge in [0.05, 0.1) is 6.20 Å². The molecule has 25 heavy (non-hydrogen) atoms. The van der Waals surface area contributed by atoms with E-state index in [0.29, 0.717) is 11.7 Å². The second kappa shape index (κ2) is 6.24. The van der Waals surface area contributed by atoms with Gasteiger partial charge < -0.3 is 8.98 Å². The van der Waals surface area contributed by atoms with Crippen molar-refractivity contribution in [3.05, 3.63) is 89.5 Å². The average Bonchev–Trinajstić information content (AvgIpc) is 3.15. The van der Waals surface area contributed by atoms with Crippen LogP contribution in [0, 0.1) is 0 Å². The summed E-state index contributed by atoms with van der Waals surface area (Å²) in [6, 6.07) is 21.2. The normalized spacial score (nSPS) is 10.8. The molecule has 0 aliphatic heterocycles. The molecule has 2 aromatic carbocycles. The van der Waals surface area contributed by atoms with Crippen molar-refractivity contribution in [2.45, 2.75) is 0 Å². The molecular weight excluding hydrogens is 312 g/mol. The van der Waals surface area contributed by atoms with Crippen LogP contribution in [0.25, 0.3) is 33.9 Å². The Labute approximate surface area is 145 Å². The highest BCUT2D eigenvalue weighted by atomic mass is 16.4. The highest BCUT2D eigenvalue weighted by Gasteiger charge is 2.15. The largest absolute Gasteiger partial charge is 0.436 e. The molecule has 122 valence electrons. The summed E-state index contributed by atoms with van der Waals surface area (Å²) in [7, 11) is 1.73. The number of aromatic nitrogens is 2. The first-order chi connectivity index (χ1) is 12.2. The maximum Gasteiger partial charge on any atom is 0.250 e. The minimum Gasteiger partial charge on any atom is -0.436 e. The Bertz CT molecular complexity index is 1060. The molecule has 0 N–H and O–H groups in total. The maximum atomic E-state index is 12.1. The van der Waals surface area contributed by atoms with Gasteiger partial charge in [-0.25, -0.2) is 4.98 Å². The van der Waals surface area contributed by atoms with Crippen LogP contribution in [-0.2, 0) is 7.05 Å². The van der Waals surface area contributed by atoms with E-state index in [-0.39, 0.29) is 5.56 Å². The standard InChI is InChI=1S/C21H16N2O2/c1-23-14-18(17(12-20(23)24)15-8-4-2-5-9-15)19-13-22-21(25-19)16-10-6-3-7-11-16/h2-14H,1H3. The molecule has 4 rings (SSSR count). The molecule has 0 bridgehead atoms. The first-order valence-electron chi connectivity index (χ1n) is 8.00. The number of benzene rings is 2. The van der Waals surface area contributed by atoms with Gasteiger partial charge in [0.2, 0.25) is 5.89 Å². The molecule has 0 radical (unpaired) electrons. The predicted molar refractivity (Wildman–Crippen MR) is 98.1 cm³/mol. The predicted octanol–water partition coefficient (Wildman–Crippen LogP) is 4.37. The molecular formula is C21H16N2O2. The van der Waals surface area contributed by atoms with Crippen molar-refractivity contribution >= 4 is 0 Å². The maximum absolute atomic E-state index is 12.1. The van der Waals surface area contributed by atoms with E-state index in [4.69, 9.17) is 4.42 Å². The van der Waals surface area contributed by atoms with Crippen LogP contribution >= 0.6 is 0 Å². The summed E-state index contributed by atoms with van der Waals surface area (Å²) in [5.74, 6) is 1.19. The number of aryl methyl sites for hydroxylation is 1. The Balaban J connectivity index is 1.87. The van der Waals surface area contributed by atoms with Crippen molar-refractivity contribution < 1.29 is 4.42 Å². The summed E-state index contributed by atoms with van der Waals surface area (Å²) in [5.41, 5.74) is 3.49. The fourth-order valence-electron chi connectivity index (χ4n) is 2.80. The van der Waals surface area contributed by atoms with Crippen LogP contribution in [0.4, 0.5) is 0 Å². The molecule has 2 aromatic heterocycles. The number of pyridine rings is 1. The Kier molecular flexibility index (Phi) is 3.78. The number of hydrogen-bond acceptors (Lipinski definition) is 3. The molecule has 2 heterocycles. The number of oxazole rings is 1. The van der Waals surface area contributed by atoms with Crippen LogP contribution in [-0.4, -0.2) is 9.55 Å². The molecule has 0 saturated carbocycles. The topological polar surface area (TPSA) is 48.0 Å². The van der Waals surface area contributed by atoms with Gasteiger partial charge in [-0.1, -0.05) is 48.5 Å². The van der Waals surface area contributed by atoms with Crippen LogP contribution < -0.4 is 5.56 Å². The van der Waals surface area contributed by atoms with Gasteiger partial charge in [0, 0.05) is 30.4 Å². The van der Waals surface area contributed by atoms with E-state index in [9.17, 15) is 4.79 Å². The quantitative estimate of drug-likeness (QED) is 0.561. The first-order valence-corrected chi connectivity index (χ1v) is 8.00. The van der Waals surface area contributed by atoms with Gasteiger partial charge >= 0.3 is 0 Å². The minimum atomic E-state index is -0.0644. The molecule has 0 amide bonds. The van der Waals surface area contributed by atoms with E-state index in [2.05, 4.69) is 4.98 Å². The van der Waals surface area contributed by atoms with Gasteiger partial charge in [0.15, 0.2) is 5.76 Å². The number of rotatable bonds is 3. The molecule has 4 nitrogen and oxygen atoms in total. The fourth-order valence-corrected chi connectivity index (χ4v) is 2.80. The van der Waals surface area contributed by atoms with Crippen molar-refractivity contribution in [3.8, 4) is 33.9 Å². The Morgan fingerprint density at radius 2 is 1.52 bits per heavy atom. The van der Waals surface area contributed by atoms with Crippen LogP contribution in [0.5, 0.6) is 0 Å². The summed E-state index contributed by atoms with van der Waals surface area (Å²) in [6.07, 6.45) is 3.49. The molecule has 0 aliphatic rings. The van der Waals surface area contributed by atoms with E-state index in [1.54, 1.807) is 30.1 Å². The SMILES string of the molecule is Cn1cc(-c2cnc(-c3ccccc3)o2)c(-c2ccccc2)cc1=O. The molecule has 0 unspecified atom stereocenters. The number of nitrogens with zero attached hydrogens (tertiary/aromatic N) is 2. The zero-order chi connectivity index (χ0) is 17.2. The van der Waals surface area contributed by atoms with E-state index in [0.717, 1.165) is 22.3 Å². The highest BCUT2D eigenvalue weighted by Crippen LogP contribution is 2.33. The zero-order valence-corrected chi connectivity index (χ0v) is 13.7. The summed E-state index contributed by atoms with van der Waals surface area (Å²) in [6.45, 7) is 0. The van der Waals surface area contributed by atoms with E-state index < -0.39 is 0 Å². The molecule has 0 atom stereocenters. The van der Waals surface area contributed by atoms with Gasteiger partial charge in [0.1, 0.15) is 0 Å². The van der Waals surface area contributed by atoms with Crippen molar-refractivity contribution in [3.63, 3.8) is 0 Å². The third-order valence-corrected chi connectivity index (χ3v) is 4.11. The molecule has 0 spiro atoms. The van der Waals surface area contributed by atoms with Gasteiger partial charge in [-0.2, -0.15) is 0 Å². The third kappa shape index (κ3) is 2.90. The smallest absolute Gasteiger partial charge is 0.250 e. The Morgan fingerprint density at radius 1 is 0.880 bits per heavy atom. The Hall–Kier alpha value is -3.40. The van der Waals surface area contributed by atoms with E-state index >= 15 is 0 Å². The first kappa shape index (κ1) is 15.1. The van der Waals surface area contributed by atoms with Gasteiger partial charge in [0.25, 0.3) is 5.56 Å². The number of hydrogen-bond donors (Lipinski definition) is 0. The Morgan fingerprint density at radius 3 is 2.20 bits per heavy atom. The summed E-state index contributed by atoms with van der Waals surface area (Å²) >= 11 is 0. The molecule has 4 heteroatoms. The molecule has 0 saturated heterocycles. The van der Waals surface area contributed by atoms with Crippen molar-refractivity contribution in [2.75, 3.05) is 0 Å². The van der Waals surface area contributed by atoms with Crippen LogP contribution in [0.2, 0.25) is 0 Å². The summed E-state index contributed by atoms with van der Waals surface area (Å²) in [4.78, 5) is 16.5. The van der Waals surface area contributed by atoms with E-state index in [1.807, 2.05) is 60.7 Å². The van der Waals surface area contributed by atoms with Crippen LogP contribution in [0.1, 0.15) is 0 Å². The van der Waals surface area contributed by atoms with Gasteiger partial charge in [-0.3, -0.25) is 4.79 Å². The lowest BCUT2D eigenvalue weighted by Crippen LogP contribution is -2.15. The van der Waals surface area contributed by atoms with Gasteiger partial charge in [-0.15, -0.1) is 0 Å². The third-order valence-electron chi connectivity index (χ3n) is 4.11. The van der Waals surface area contributed by atoms with Crippen molar-refractivity contribution in [1.82, 2.24) is 9.55 Å². The summed E-state index contributed by atoms with van der Waals surface area (Å²) in [5, 5.41) is 0. The van der Waals surface area contributed by atoms with Crippen LogP contribution in [0.15, 0.2) is 88.3 Å². The lowest BCUT2D eigenvalue weighted by Gasteiger charge is -2.09. The second-order valence-electron chi connectivity index (χ2n) is 5.81. The molecule has 4 aromatic rings. The van der Waals surface area contributed by atoms with Crippen molar-refractivity contribution in [2.24, 2.45) is 7.05 Å². The fraction of sp³-hybridized carbons (Fsp3) is 0.0476. The lowest BCUT2D eigenvalue weighted by atomic mass is 10.0. The monoisotopic (exact) mass is 328 g/mol. The summed E-state index contributed by atoms with van der Waals surface area (Å²) < 4.78 is 7.53. The van der Waals surface area contributed by atoms with E-state index in [1.165, 1.54) is 0 Å². The second-order valence-corrected chi connectivity index (χ2v) is 5.81. The molecule has 0 fully saturated rings. The minimum absolute atomic E-state index is 0.0644.